The van der Waals surface area contributed by atoms with Crippen LogP contribution in [-0.4, -0.2) is 60.9 Å². The van der Waals surface area contributed by atoms with E-state index in [4.69, 9.17) is 4.74 Å². The number of hydrogen-bond donors (Lipinski definition) is 2. The van der Waals surface area contributed by atoms with Gasteiger partial charge in [-0.1, -0.05) is 0 Å². The minimum atomic E-state index is -0.527. The van der Waals surface area contributed by atoms with E-state index >= 15 is 0 Å². The number of likely N-dealkylation sites (tertiary alicyclic amines) is 1. The van der Waals surface area contributed by atoms with Gasteiger partial charge in [-0.3, -0.25) is 4.79 Å². The molecule has 2 rings (SSSR count). The molecular formula is C12H22N2O3. The number of aliphatic hydroxyl groups is 1. The van der Waals surface area contributed by atoms with Crippen molar-refractivity contribution in [3.05, 3.63) is 0 Å². The maximum Gasteiger partial charge on any atom is 0.225 e. The first-order valence-corrected chi connectivity index (χ1v) is 6.51. The minimum absolute atomic E-state index is 0.129. The number of carbonyl (C=O) groups is 1. The van der Waals surface area contributed by atoms with Crippen molar-refractivity contribution >= 4 is 5.91 Å². The summed E-state index contributed by atoms with van der Waals surface area (Å²) in [6.07, 6.45) is 1.08. The summed E-state index contributed by atoms with van der Waals surface area (Å²) in [5.41, 5.74) is 0. The lowest BCUT2D eigenvalue weighted by atomic mass is 9.97. The van der Waals surface area contributed by atoms with Crippen LogP contribution in [0.15, 0.2) is 0 Å². The van der Waals surface area contributed by atoms with E-state index in [-0.39, 0.29) is 17.9 Å². The van der Waals surface area contributed by atoms with Crippen molar-refractivity contribution in [3.8, 4) is 0 Å². The molecule has 98 valence electrons. The van der Waals surface area contributed by atoms with Gasteiger partial charge < -0.3 is 20.1 Å². The van der Waals surface area contributed by atoms with Crippen LogP contribution in [-0.2, 0) is 9.53 Å². The number of nitrogens with zero attached hydrogens (tertiary/aromatic N) is 1. The summed E-state index contributed by atoms with van der Waals surface area (Å²) in [4.78, 5) is 14.0. The predicted octanol–water partition coefficient (Wildman–Crippen LogP) is -0.406. The van der Waals surface area contributed by atoms with Crippen LogP contribution < -0.4 is 5.32 Å². The Morgan fingerprint density at radius 2 is 2.12 bits per heavy atom. The Morgan fingerprint density at radius 3 is 2.76 bits per heavy atom. The van der Waals surface area contributed by atoms with Gasteiger partial charge in [0.15, 0.2) is 0 Å². The second-order valence-electron chi connectivity index (χ2n) is 4.83. The topological polar surface area (TPSA) is 61.8 Å². The highest BCUT2D eigenvalue weighted by molar-refractivity contribution is 5.79. The zero-order valence-corrected chi connectivity index (χ0v) is 10.4. The highest BCUT2D eigenvalue weighted by Crippen LogP contribution is 2.20. The fourth-order valence-corrected chi connectivity index (χ4v) is 2.64. The molecule has 0 spiro atoms. The van der Waals surface area contributed by atoms with Crippen molar-refractivity contribution in [2.45, 2.75) is 32.0 Å². The number of hydrogen-bond acceptors (Lipinski definition) is 4. The van der Waals surface area contributed by atoms with E-state index in [0.717, 1.165) is 25.9 Å². The standard InChI is InChI=1S/C12H22N2O3/c1-2-17-11-8-14(7-10(11)15)12(16)9-3-5-13-6-4-9/h9-11,13,15H,2-8H2,1H3/t10-,11-/m1/s1. The number of aliphatic hydroxyl groups excluding tert-OH is 1. The van der Waals surface area contributed by atoms with Crippen molar-refractivity contribution < 1.29 is 14.6 Å². The van der Waals surface area contributed by atoms with Gasteiger partial charge in [0.1, 0.15) is 6.10 Å². The Labute approximate surface area is 102 Å². The van der Waals surface area contributed by atoms with E-state index in [1.54, 1.807) is 4.90 Å². The van der Waals surface area contributed by atoms with Crippen LogP contribution in [0, 0.1) is 5.92 Å². The van der Waals surface area contributed by atoms with E-state index in [0.29, 0.717) is 19.7 Å². The van der Waals surface area contributed by atoms with E-state index in [2.05, 4.69) is 5.32 Å². The summed E-state index contributed by atoms with van der Waals surface area (Å²) in [5, 5.41) is 13.1. The fourth-order valence-electron chi connectivity index (χ4n) is 2.64. The summed E-state index contributed by atoms with van der Waals surface area (Å²) in [5.74, 6) is 0.316. The molecule has 0 unspecified atom stereocenters. The molecule has 0 aliphatic carbocycles. The molecule has 0 aromatic heterocycles. The Bertz CT molecular complexity index is 266. The van der Waals surface area contributed by atoms with Gasteiger partial charge >= 0.3 is 0 Å². The number of nitrogens with one attached hydrogen (secondary N) is 1. The Balaban J connectivity index is 1.88. The van der Waals surface area contributed by atoms with Gasteiger partial charge in [0.25, 0.3) is 0 Å². The van der Waals surface area contributed by atoms with Gasteiger partial charge in [-0.15, -0.1) is 0 Å². The number of rotatable bonds is 3. The molecule has 5 nitrogen and oxygen atoms in total. The van der Waals surface area contributed by atoms with Crippen LogP contribution >= 0.6 is 0 Å². The van der Waals surface area contributed by atoms with Gasteiger partial charge in [0, 0.05) is 25.6 Å². The minimum Gasteiger partial charge on any atom is -0.388 e. The summed E-state index contributed by atoms with van der Waals surface area (Å²) in [7, 11) is 0. The molecule has 17 heavy (non-hydrogen) atoms. The molecule has 0 radical (unpaired) electrons. The summed E-state index contributed by atoms with van der Waals surface area (Å²) < 4.78 is 5.43. The molecule has 1 amide bonds. The van der Waals surface area contributed by atoms with E-state index in [9.17, 15) is 9.90 Å². The lowest BCUT2D eigenvalue weighted by Gasteiger charge is -2.26. The maximum atomic E-state index is 12.2. The Kier molecular flexibility index (Phi) is 4.36. The first-order chi connectivity index (χ1) is 8.22. The van der Waals surface area contributed by atoms with Gasteiger partial charge in [0.05, 0.1) is 6.10 Å². The van der Waals surface area contributed by atoms with Crippen molar-refractivity contribution in [3.63, 3.8) is 0 Å². The van der Waals surface area contributed by atoms with Crippen molar-refractivity contribution in [2.24, 2.45) is 5.92 Å². The number of carbonyl (C=O) groups excluding carboxylic acids is 1. The number of amides is 1. The molecule has 2 saturated heterocycles. The molecule has 0 bridgehead atoms. The van der Waals surface area contributed by atoms with Crippen molar-refractivity contribution in [2.75, 3.05) is 32.8 Å². The van der Waals surface area contributed by atoms with Crippen LogP contribution in [0.4, 0.5) is 0 Å². The first-order valence-electron chi connectivity index (χ1n) is 6.51. The second kappa shape index (κ2) is 5.80. The molecule has 5 heteroatoms. The van der Waals surface area contributed by atoms with E-state index in [1.807, 2.05) is 6.92 Å². The number of piperidine rings is 1. The molecule has 2 fully saturated rings. The summed E-state index contributed by atoms with van der Waals surface area (Å²) >= 11 is 0. The fraction of sp³-hybridized carbons (Fsp3) is 0.917. The van der Waals surface area contributed by atoms with Gasteiger partial charge in [0.2, 0.25) is 5.91 Å². The smallest absolute Gasteiger partial charge is 0.225 e. The van der Waals surface area contributed by atoms with Crippen molar-refractivity contribution in [1.82, 2.24) is 10.2 Å². The number of ether oxygens (including phenoxy) is 1. The third kappa shape index (κ3) is 2.97. The molecule has 2 N–H and O–H groups in total. The van der Waals surface area contributed by atoms with E-state index in [1.165, 1.54) is 0 Å². The molecule has 2 aliphatic rings. The highest BCUT2D eigenvalue weighted by Gasteiger charge is 2.37. The van der Waals surface area contributed by atoms with Crippen LogP contribution in [0.3, 0.4) is 0 Å². The van der Waals surface area contributed by atoms with Crippen LogP contribution in [0.5, 0.6) is 0 Å². The first kappa shape index (κ1) is 12.8. The Morgan fingerprint density at radius 1 is 1.41 bits per heavy atom. The second-order valence-corrected chi connectivity index (χ2v) is 4.83. The summed E-state index contributed by atoms with van der Waals surface area (Å²) in [6.45, 7) is 5.29. The monoisotopic (exact) mass is 242 g/mol. The normalized spacial score (nSPS) is 30.8. The zero-order chi connectivity index (χ0) is 12.3. The largest absolute Gasteiger partial charge is 0.388 e. The predicted molar refractivity (Wildman–Crippen MR) is 63.6 cm³/mol. The summed E-state index contributed by atoms with van der Waals surface area (Å²) in [6, 6.07) is 0. The maximum absolute atomic E-state index is 12.2. The molecule has 0 aromatic rings. The van der Waals surface area contributed by atoms with Gasteiger partial charge in [-0.25, -0.2) is 0 Å². The Hall–Kier alpha value is -0.650. The average Bonchev–Trinajstić information content (AvgIpc) is 2.72. The molecule has 2 aliphatic heterocycles. The molecule has 0 aromatic carbocycles. The SMILES string of the molecule is CCO[C@@H]1CN(C(=O)C2CCNCC2)C[C@H]1O. The highest BCUT2D eigenvalue weighted by atomic mass is 16.5. The van der Waals surface area contributed by atoms with Crippen LogP contribution in [0.1, 0.15) is 19.8 Å². The quantitative estimate of drug-likeness (QED) is 0.706. The lowest BCUT2D eigenvalue weighted by molar-refractivity contribution is -0.135. The molecule has 2 heterocycles. The van der Waals surface area contributed by atoms with Gasteiger partial charge in [-0.05, 0) is 32.9 Å². The zero-order valence-electron chi connectivity index (χ0n) is 10.4. The molecular weight excluding hydrogens is 220 g/mol. The molecule has 2 atom stereocenters. The van der Waals surface area contributed by atoms with Crippen LogP contribution in [0.25, 0.3) is 0 Å². The average molecular weight is 242 g/mol. The van der Waals surface area contributed by atoms with Crippen molar-refractivity contribution in [1.29, 1.82) is 0 Å². The number of β-amino-alcohol motifs (C(OH)–C–C–N with tert-alkyl or cyclic N) is 1. The lowest BCUT2D eigenvalue weighted by Crippen LogP contribution is -2.40. The molecule has 0 saturated carbocycles. The third-order valence-electron chi connectivity index (χ3n) is 3.62. The van der Waals surface area contributed by atoms with E-state index < -0.39 is 6.10 Å². The third-order valence-corrected chi connectivity index (χ3v) is 3.62. The van der Waals surface area contributed by atoms with Crippen LogP contribution in [0.2, 0.25) is 0 Å². The van der Waals surface area contributed by atoms with Gasteiger partial charge in [-0.2, -0.15) is 0 Å².